The Labute approximate surface area is 117 Å². The minimum atomic E-state index is 1.07. The molecule has 0 aliphatic heterocycles. The van der Waals surface area contributed by atoms with Crippen LogP contribution in [0.2, 0.25) is 0 Å². The van der Waals surface area contributed by atoms with E-state index in [1.54, 1.807) is 0 Å². The third-order valence-electron chi connectivity index (χ3n) is 2.86. The van der Waals surface area contributed by atoms with Gasteiger partial charge in [0, 0.05) is 5.33 Å². The van der Waals surface area contributed by atoms with Crippen molar-refractivity contribution in [3.05, 3.63) is 24.3 Å². The van der Waals surface area contributed by atoms with Crippen LogP contribution in [0.5, 0.6) is 0 Å². The number of rotatable bonds is 12. The summed E-state index contributed by atoms with van der Waals surface area (Å²) in [4.78, 5) is 0. The second-order valence-electron chi connectivity index (χ2n) is 4.57. The Kier molecular flexibility index (Phi) is 15.9. The Hall–Kier alpha value is -0.0400. The SMILES string of the molecule is CCCCCCCCC/C=C/C/C=C/CCBr. The van der Waals surface area contributed by atoms with Crippen molar-refractivity contribution in [1.82, 2.24) is 0 Å². The van der Waals surface area contributed by atoms with Gasteiger partial charge in [0.25, 0.3) is 0 Å². The molecule has 17 heavy (non-hydrogen) atoms. The maximum atomic E-state index is 3.41. The molecular formula is C16H29Br. The van der Waals surface area contributed by atoms with E-state index in [0.29, 0.717) is 0 Å². The van der Waals surface area contributed by atoms with Crippen molar-refractivity contribution in [2.75, 3.05) is 5.33 Å². The fourth-order valence-corrected chi connectivity index (χ4v) is 2.05. The van der Waals surface area contributed by atoms with Gasteiger partial charge in [-0.3, -0.25) is 0 Å². The van der Waals surface area contributed by atoms with Gasteiger partial charge in [-0.05, 0) is 25.7 Å². The molecule has 0 saturated carbocycles. The van der Waals surface area contributed by atoms with Crippen LogP contribution in [0.3, 0.4) is 0 Å². The van der Waals surface area contributed by atoms with Gasteiger partial charge in [-0.15, -0.1) is 0 Å². The Morgan fingerprint density at radius 3 is 1.94 bits per heavy atom. The molecule has 0 saturated heterocycles. The molecule has 0 aliphatic rings. The Balaban J connectivity index is 3.08. The summed E-state index contributed by atoms with van der Waals surface area (Å²) in [5, 5.41) is 1.07. The highest BCUT2D eigenvalue weighted by atomic mass is 79.9. The molecule has 0 heterocycles. The molecule has 0 unspecified atom stereocenters. The predicted molar refractivity (Wildman–Crippen MR) is 83.9 cm³/mol. The molecule has 0 fully saturated rings. The lowest BCUT2D eigenvalue weighted by Gasteiger charge is -1.98. The molecule has 0 aromatic heterocycles. The van der Waals surface area contributed by atoms with Gasteiger partial charge < -0.3 is 0 Å². The van der Waals surface area contributed by atoms with Crippen LogP contribution < -0.4 is 0 Å². The molecule has 0 nitrogen and oxygen atoms in total. The number of hydrogen-bond acceptors (Lipinski definition) is 0. The molecule has 0 radical (unpaired) electrons. The van der Waals surface area contributed by atoms with E-state index in [1.165, 1.54) is 51.4 Å². The van der Waals surface area contributed by atoms with Gasteiger partial charge in [0.05, 0.1) is 0 Å². The zero-order valence-electron chi connectivity index (χ0n) is 11.5. The van der Waals surface area contributed by atoms with E-state index in [0.717, 1.165) is 18.2 Å². The van der Waals surface area contributed by atoms with E-state index in [1.807, 2.05) is 0 Å². The summed E-state index contributed by atoms with van der Waals surface area (Å²) in [6.07, 6.45) is 22.5. The van der Waals surface area contributed by atoms with Crippen molar-refractivity contribution in [2.45, 2.75) is 71.1 Å². The highest BCUT2D eigenvalue weighted by Gasteiger charge is 1.88. The van der Waals surface area contributed by atoms with Crippen LogP contribution in [0.4, 0.5) is 0 Å². The molecule has 0 rings (SSSR count). The predicted octanol–water partition coefficient (Wildman–Crippen LogP) is 6.41. The standard InChI is InChI=1S/C16H29Br/c1-2-3-4-5-6-7-8-9-10-11-12-13-14-15-16-17/h10-11,13-14H,2-9,12,15-16H2,1H3/b11-10+,14-13+. The number of unbranched alkanes of at least 4 members (excludes halogenated alkanes) is 7. The van der Waals surface area contributed by atoms with E-state index < -0.39 is 0 Å². The van der Waals surface area contributed by atoms with Crippen molar-refractivity contribution in [3.63, 3.8) is 0 Å². The quantitative estimate of drug-likeness (QED) is 0.222. The van der Waals surface area contributed by atoms with Crippen LogP contribution in [-0.2, 0) is 0 Å². The summed E-state index contributed by atoms with van der Waals surface area (Å²) >= 11 is 3.41. The van der Waals surface area contributed by atoms with Gasteiger partial charge in [-0.1, -0.05) is 85.7 Å². The fraction of sp³-hybridized carbons (Fsp3) is 0.750. The van der Waals surface area contributed by atoms with Crippen LogP contribution >= 0.6 is 15.9 Å². The van der Waals surface area contributed by atoms with Gasteiger partial charge in [0.2, 0.25) is 0 Å². The maximum absolute atomic E-state index is 3.41. The third-order valence-corrected chi connectivity index (χ3v) is 3.31. The average Bonchev–Trinajstić information content (AvgIpc) is 2.35. The highest BCUT2D eigenvalue weighted by Crippen LogP contribution is 2.08. The zero-order chi connectivity index (χ0) is 12.6. The Morgan fingerprint density at radius 2 is 1.29 bits per heavy atom. The van der Waals surface area contributed by atoms with Crippen LogP contribution in [0.1, 0.15) is 71.1 Å². The third kappa shape index (κ3) is 16.0. The van der Waals surface area contributed by atoms with E-state index in [9.17, 15) is 0 Å². The molecule has 1 heteroatoms. The normalized spacial score (nSPS) is 11.9. The van der Waals surface area contributed by atoms with Gasteiger partial charge in [-0.25, -0.2) is 0 Å². The second kappa shape index (κ2) is 16.0. The van der Waals surface area contributed by atoms with Gasteiger partial charge in [0.15, 0.2) is 0 Å². The number of halogens is 1. The molecule has 0 bridgehead atoms. The lowest BCUT2D eigenvalue weighted by atomic mass is 10.1. The van der Waals surface area contributed by atoms with Crippen molar-refractivity contribution in [1.29, 1.82) is 0 Å². The average molecular weight is 301 g/mol. The van der Waals surface area contributed by atoms with Crippen LogP contribution in [0.25, 0.3) is 0 Å². The minimum Gasteiger partial charge on any atom is -0.0925 e. The Morgan fingerprint density at radius 1 is 0.706 bits per heavy atom. The summed E-state index contributed by atoms with van der Waals surface area (Å²) in [6, 6.07) is 0. The minimum absolute atomic E-state index is 1.07. The van der Waals surface area contributed by atoms with Crippen molar-refractivity contribution >= 4 is 15.9 Å². The van der Waals surface area contributed by atoms with E-state index in [2.05, 4.69) is 47.2 Å². The summed E-state index contributed by atoms with van der Waals surface area (Å²) in [7, 11) is 0. The van der Waals surface area contributed by atoms with E-state index in [-0.39, 0.29) is 0 Å². The molecular weight excluding hydrogens is 272 g/mol. The molecule has 0 N–H and O–H groups in total. The lowest BCUT2D eigenvalue weighted by Crippen LogP contribution is -1.78. The first-order valence-corrected chi connectivity index (χ1v) is 8.40. The van der Waals surface area contributed by atoms with Crippen molar-refractivity contribution in [3.8, 4) is 0 Å². The van der Waals surface area contributed by atoms with Crippen LogP contribution in [0.15, 0.2) is 24.3 Å². The molecule has 0 amide bonds. The zero-order valence-corrected chi connectivity index (χ0v) is 13.1. The lowest BCUT2D eigenvalue weighted by molar-refractivity contribution is 0.592. The summed E-state index contributed by atoms with van der Waals surface area (Å²) in [5.41, 5.74) is 0. The van der Waals surface area contributed by atoms with E-state index in [4.69, 9.17) is 0 Å². The molecule has 100 valence electrons. The number of allylic oxidation sites excluding steroid dienone is 4. The van der Waals surface area contributed by atoms with Crippen LogP contribution in [0, 0.1) is 0 Å². The fourth-order valence-electron chi connectivity index (χ4n) is 1.79. The second-order valence-corrected chi connectivity index (χ2v) is 5.36. The summed E-state index contributed by atoms with van der Waals surface area (Å²) < 4.78 is 0. The van der Waals surface area contributed by atoms with Crippen molar-refractivity contribution in [2.24, 2.45) is 0 Å². The summed E-state index contributed by atoms with van der Waals surface area (Å²) in [6.45, 7) is 2.27. The smallest absolute Gasteiger partial charge is 0.00659 e. The monoisotopic (exact) mass is 300 g/mol. The number of hydrogen-bond donors (Lipinski definition) is 0. The molecule has 0 aromatic rings. The van der Waals surface area contributed by atoms with Gasteiger partial charge >= 0.3 is 0 Å². The topological polar surface area (TPSA) is 0 Å². The first-order valence-electron chi connectivity index (χ1n) is 7.27. The van der Waals surface area contributed by atoms with Crippen molar-refractivity contribution < 1.29 is 0 Å². The number of alkyl halides is 1. The van der Waals surface area contributed by atoms with Crippen LogP contribution in [-0.4, -0.2) is 5.33 Å². The first-order chi connectivity index (χ1) is 8.41. The molecule has 0 spiro atoms. The Bertz CT molecular complexity index is 182. The first kappa shape index (κ1) is 17.0. The van der Waals surface area contributed by atoms with Gasteiger partial charge in [-0.2, -0.15) is 0 Å². The summed E-state index contributed by atoms with van der Waals surface area (Å²) in [5.74, 6) is 0. The maximum Gasteiger partial charge on any atom is 0.00659 e. The molecule has 0 atom stereocenters. The molecule has 0 aliphatic carbocycles. The highest BCUT2D eigenvalue weighted by molar-refractivity contribution is 9.09. The van der Waals surface area contributed by atoms with Gasteiger partial charge in [0.1, 0.15) is 0 Å². The van der Waals surface area contributed by atoms with E-state index >= 15 is 0 Å². The molecule has 0 aromatic carbocycles. The largest absolute Gasteiger partial charge is 0.0925 e.